The highest BCUT2D eigenvalue weighted by Gasteiger charge is 2.23. The number of aromatic nitrogens is 1. The van der Waals surface area contributed by atoms with Gasteiger partial charge in [0.1, 0.15) is 0 Å². The molecule has 3 rings (SSSR count). The average molecular weight is 373 g/mol. The summed E-state index contributed by atoms with van der Waals surface area (Å²) in [7, 11) is 0. The van der Waals surface area contributed by atoms with Crippen LogP contribution in [0.25, 0.3) is 0 Å². The van der Waals surface area contributed by atoms with Crippen LogP contribution in [0.5, 0.6) is 0 Å². The first kappa shape index (κ1) is 17.6. The number of aryl methyl sites for hydroxylation is 2. The van der Waals surface area contributed by atoms with Gasteiger partial charge in [0.15, 0.2) is 0 Å². The fourth-order valence-electron chi connectivity index (χ4n) is 2.84. The van der Waals surface area contributed by atoms with Gasteiger partial charge in [0, 0.05) is 16.4 Å². The van der Waals surface area contributed by atoms with Crippen LogP contribution in [0.1, 0.15) is 27.3 Å². The van der Waals surface area contributed by atoms with Crippen molar-refractivity contribution in [2.75, 3.05) is 5.01 Å². The van der Waals surface area contributed by atoms with E-state index in [9.17, 15) is 4.79 Å². The van der Waals surface area contributed by atoms with E-state index in [2.05, 4.69) is 0 Å². The predicted octanol–water partition coefficient (Wildman–Crippen LogP) is 5.39. The molecule has 0 aliphatic rings. The zero-order chi connectivity index (χ0) is 18.0. The Bertz CT molecular complexity index is 898. The van der Waals surface area contributed by atoms with Gasteiger partial charge in [0.2, 0.25) is 0 Å². The number of carbonyl (C=O) groups is 1. The monoisotopic (exact) mass is 372 g/mol. The second kappa shape index (κ2) is 7.34. The summed E-state index contributed by atoms with van der Waals surface area (Å²) < 4.78 is 1.90. The van der Waals surface area contributed by atoms with Crippen molar-refractivity contribution < 1.29 is 4.79 Å². The molecule has 0 aliphatic heterocycles. The van der Waals surface area contributed by atoms with E-state index in [0.29, 0.717) is 22.2 Å². The van der Waals surface area contributed by atoms with Gasteiger partial charge in [-0.3, -0.25) is 9.47 Å². The molecule has 0 spiro atoms. The lowest BCUT2D eigenvalue weighted by molar-refractivity contribution is 0.0954. The van der Waals surface area contributed by atoms with Crippen molar-refractivity contribution in [2.45, 2.75) is 20.4 Å². The molecule has 1 heterocycles. The second-order valence-corrected chi connectivity index (χ2v) is 6.68. The standard InChI is InChI=1S/C20H18Cl2N2O/c1-14-11-12-15(2)24(14)23(13-16-7-3-5-9-18(16)21)20(25)17-8-4-6-10-19(17)22/h3-12H,13H2,1-2H3. The van der Waals surface area contributed by atoms with Crippen molar-refractivity contribution in [1.29, 1.82) is 0 Å². The summed E-state index contributed by atoms with van der Waals surface area (Å²) in [5.74, 6) is -0.173. The summed E-state index contributed by atoms with van der Waals surface area (Å²) in [5, 5.41) is 2.73. The molecule has 0 saturated heterocycles. The Morgan fingerprint density at radius 3 is 2.04 bits per heavy atom. The van der Waals surface area contributed by atoms with Gasteiger partial charge in [0.25, 0.3) is 5.91 Å². The van der Waals surface area contributed by atoms with Gasteiger partial charge in [-0.25, -0.2) is 5.01 Å². The number of amides is 1. The van der Waals surface area contributed by atoms with Crippen LogP contribution in [-0.4, -0.2) is 10.6 Å². The zero-order valence-electron chi connectivity index (χ0n) is 14.0. The molecule has 25 heavy (non-hydrogen) atoms. The van der Waals surface area contributed by atoms with E-state index < -0.39 is 0 Å². The molecular formula is C20H18Cl2N2O. The largest absolute Gasteiger partial charge is 0.274 e. The molecular weight excluding hydrogens is 355 g/mol. The molecule has 0 N–H and O–H groups in total. The number of nitrogens with zero attached hydrogens (tertiary/aromatic N) is 2. The maximum Gasteiger partial charge on any atom is 0.274 e. The number of hydrogen-bond donors (Lipinski definition) is 0. The van der Waals surface area contributed by atoms with Gasteiger partial charge >= 0.3 is 0 Å². The minimum atomic E-state index is -0.173. The van der Waals surface area contributed by atoms with Gasteiger partial charge in [-0.2, -0.15) is 0 Å². The molecule has 2 aromatic carbocycles. The van der Waals surface area contributed by atoms with Gasteiger partial charge in [-0.1, -0.05) is 53.5 Å². The molecule has 3 nitrogen and oxygen atoms in total. The Balaban J connectivity index is 2.08. The van der Waals surface area contributed by atoms with Gasteiger partial charge in [0.05, 0.1) is 17.1 Å². The minimum absolute atomic E-state index is 0.173. The summed E-state index contributed by atoms with van der Waals surface area (Å²) in [5.41, 5.74) is 3.26. The quantitative estimate of drug-likeness (QED) is 0.602. The Morgan fingerprint density at radius 2 is 1.44 bits per heavy atom. The van der Waals surface area contributed by atoms with Crippen LogP contribution in [0.2, 0.25) is 10.0 Å². The maximum absolute atomic E-state index is 13.3. The third kappa shape index (κ3) is 3.58. The van der Waals surface area contributed by atoms with Crippen LogP contribution in [0.15, 0.2) is 60.7 Å². The molecule has 128 valence electrons. The van der Waals surface area contributed by atoms with E-state index in [1.165, 1.54) is 0 Å². The normalized spacial score (nSPS) is 10.7. The molecule has 0 atom stereocenters. The number of carbonyl (C=O) groups excluding carboxylic acids is 1. The topological polar surface area (TPSA) is 25.2 Å². The van der Waals surface area contributed by atoms with Crippen LogP contribution in [0.4, 0.5) is 0 Å². The summed E-state index contributed by atoms with van der Waals surface area (Å²) in [4.78, 5) is 13.3. The highest BCUT2D eigenvalue weighted by molar-refractivity contribution is 6.34. The second-order valence-electron chi connectivity index (χ2n) is 5.86. The SMILES string of the molecule is Cc1ccc(C)n1N(Cc1ccccc1Cl)C(=O)c1ccccc1Cl. The van der Waals surface area contributed by atoms with E-state index in [1.807, 2.05) is 67.1 Å². The number of halogens is 2. The zero-order valence-corrected chi connectivity index (χ0v) is 15.6. The fraction of sp³-hybridized carbons (Fsp3) is 0.150. The fourth-order valence-corrected chi connectivity index (χ4v) is 3.25. The van der Waals surface area contributed by atoms with Gasteiger partial charge in [-0.15, -0.1) is 0 Å². The highest BCUT2D eigenvalue weighted by atomic mass is 35.5. The first-order chi connectivity index (χ1) is 12.0. The van der Waals surface area contributed by atoms with Crippen molar-refractivity contribution in [3.63, 3.8) is 0 Å². The summed E-state index contributed by atoms with van der Waals surface area (Å²) in [6.07, 6.45) is 0. The van der Waals surface area contributed by atoms with Crippen LogP contribution >= 0.6 is 23.2 Å². The Hall–Kier alpha value is -2.23. The lowest BCUT2D eigenvalue weighted by Crippen LogP contribution is -2.41. The van der Waals surface area contributed by atoms with Crippen molar-refractivity contribution in [3.8, 4) is 0 Å². The minimum Gasteiger partial charge on any atom is -0.267 e. The summed E-state index contributed by atoms with van der Waals surface area (Å²) >= 11 is 12.6. The maximum atomic E-state index is 13.3. The van der Waals surface area contributed by atoms with Gasteiger partial charge in [-0.05, 0) is 49.7 Å². The van der Waals surface area contributed by atoms with Crippen molar-refractivity contribution >= 4 is 29.1 Å². The molecule has 0 saturated carbocycles. The first-order valence-electron chi connectivity index (χ1n) is 7.94. The van der Waals surface area contributed by atoms with E-state index in [-0.39, 0.29) is 5.91 Å². The van der Waals surface area contributed by atoms with Crippen LogP contribution in [0, 0.1) is 13.8 Å². The van der Waals surface area contributed by atoms with E-state index in [0.717, 1.165) is 17.0 Å². The predicted molar refractivity (Wildman–Crippen MR) is 103 cm³/mol. The summed E-state index contributed by atoms with van der Waals surface area (Å²) in [6, 6.07) is 18.6. The number of benzene rings is 2. The van der Waals surface area contributed by atoms with Crippen LogP contribution in [0.3, 0.4) is 0 Å². The van der Waals surface area contributed by atoms with E-state index in [1.54, 1.807) is 17.1 Å². The highest BCUT2D eigenvalue weighted by Crippen LogP contribution is 2.22. The molecule has 1 aromatic heterocycles. The van der Waals surface area contributed by atoms with Crippen molar-refractivity contribution in [3.05, 3.63) is 93.2 Å². The van der Waals surface area contributed by atoms with Gasteiger partial charge < -0.3 is 0 Å². The molecule has 0 fully saturated rings. The van der Waals surface area contributed by atoms with E-state index in [4.69, 9.17) is 23.2 Å². The Kier molecular flexibility index (Phi) is 5.16. The number of rotatable bonds is 4. The molecule has 3 aromatic rings. The number of hydrogen-bond acceptors (Lipinski definition) is 1. The molecule has 0 aliphatic carbocycles. The van der Waals surface area contributed by atoms with Crippen molar-refractivity contribution in [2.24, 2.45) is 0 Å². The summed E-state index contributed by atoms with van der Waals surface area (Å²) in [6.45, 7) is 4.28. The lowest BCUT2D eigenvalue weighted by atomic mass is 10.1. The first-order valence-corrected chi connectivity index (χ1v) is 8.69. The molecule has 5 heteroatoms. The van der Waals surface area contributed by atoms with Crippen molar-refractivity contribution in [1.82, 2.24) is 4.68 Å². The third-order valence-electron chi connectivity index (χ3n) is 4.09. The van der Waals surface area contributed by atoms with E-state index >= 15 is 0 Å². The van der Waals surface area contributed by atoms with Crippen LogP contribution < -0.4 is 5.01 Å². The molecule has 1 amide bonds. The Labute approximate surface area is 157 Å². The van der Waals surface area contributed by atoms with Crippen LogP contribution in [-0.2, 0) is 6.54 Å². The molecule has 0 bridgehead atoms. The molecule has 0 unspecified atom stereocenters. The third-order valence-corrected chi connectivity index (χ3v) is 4.79. The average Bonchev–Trinajstić information content (AvgIpc) is 2.93. The smallest absolute Gasteiger partial charge is 0.267 e. The Morgan fingerprint density at radius 1 is 0.880 bits per heavy atom. The lowest BCUT2D eigenvalue weighted by Gasteiger charge is -2.28. The molecule has 0 radical (unpaired) electrons.